The lowest BCUT2D eigenvalue weighted by atomic mass is 9.99. The molecule has 1 heterocycles. The molecule has 1 saturated heterocycles. The standard InChI is InChI=1S/C16H21FN2O2/c1-2-14-5-3-4-10-19(14)16(21)11-15(20)18-13-8-6-12(17)7-9-13/h6-9,14H,2-5,10-11H2,1H3,(H,18,20). The molecule has 0 aliphatic carbocycles. The van der Waals surface area contributed by atoms with Crippen molar-refractivity contribution in [3.8, 4) is 0 Å². The molecular weight excluding hydrogens is 271 g/mol. The van der Waals surface area contributed by atoms with Crippen LogP contribution in [0.15, 0.2) is 24.3 Å². The topological polar surface area (TPSA) is 49.4 Å². The van der Waals surface area contributed by atoms with Crippen LogP contribution >= 0.6 is 0 Å². The number of benzene rings is 1. The fourth-order valence-corrected chi connectivity index (χ4v) is 2.73. The van der Waals surface area contributed by atoms with E-state index in [1.807, 2.05) is 4.90 Å². The van der Waals surface area contributed by atoms with Crippen LogP contribution in [0.4, 0.5) is 10.1 Å². The van der Waals surface area contributed by atoms with E-state index >= 15 is 0 Å². The van der Waals surface area contributed by atoms with Crippen molar-refractivity contribution in [2.24, 2.45) is 0 Å². The van der Waals surface area contributed by atoms with Gasteiger partial charge in [0.15, 0.2) is 0 Å². The summed E-state index contributed by atoms with van der Waals surface area (Å²) in [5.41, 5.74) is 0.500. The minimum atomic E-state index is -0.358. The van der Waals surface area contributed by atoms with Gasteiger partial charge in [0.05, 0.1) is 0 Å². The van der Waals surface area contributed by atoms with Crippen LogP contribution < -0.4 is 5.32 Å². The van der Waals surface area contributed by atoms with E-state index in [4.69, 9.17) is 0 Å². The highest BCUT2D eigenvalue weighted by molar-refractivity contribution is 6.03. The molecule has 1 fully saturated rings. The smallest absolute Gasteiger partial charge is 0.233 e. The number of rotatable bonds is 4. The van der Waals surface area contributed by atoms with E-state index in [1.165, 1.54) is 24.3 Å². The lowest BCUT2D eigenvalue weighted by molar-refractivity contribution is -0.137. The number of amides is 2. The highest BCUT2D eigenvalue weighted by atomic mass is 19.1. The molecule has 5 heteroatoms. The lowest BCUT2D eigenvalue weighted by Gasteiger charge is -2.35. The largest absolute Gasteiger partial charge is 0.339 e. The predicted molar refractivity (Wildman–Crippen MR) is 79.3 cm³/mol. The van der Waals surface area contributed by atoms with Gasteiger partial charge in [-0.1, -0.05) is 6.92 Å². The van der Waals surface area contributed by atoms with Crippen molar-refractivity contribution in [3.63, 3.8) is 0 Å². The van der Waals surface area contributed by atoms with Gasteiger partial charge in [-0.05, 0) is 49.9 Å². The first kappa shape index (κ1) is 15.5. The Balaban J connectivity index is 1.89. The average Bonchev–Trinajstić information content (AvgIpc) is 2.49. The van der Waals surface area contributed by atoms with Gasteiger partial charge in [0, 0.05) is 18.3 Å². The summed E-state index contributed by atoms with van der Waals surface area (Å²) in [6.45, 7) is 2.80. The van der Waals surface area contributed by atoms with Crippen molar-refractivity contribution in [1.29, 1.82) is 0 Å². The van der Waals surface area contributed by atoms with Gasteiger partial charge in [-0.3, -0.25) is 9.59 Å². The highest BCUT2D eigenvalue weighted by Gasteiger charge is 2.26. The summed E-state index contributed by atoms with van der Waals surface area (Å²) in [7, 11) is 0. The zero-order valence-corrected chi connectivity index (χ0v) is 12.3. The molecule has 2 rings (SSSR count). The molecule has 1 N–H and O–H groups in total. The second kappa shape index (κ2) is 7.20. The summed E-state index contributed by atoms with van der Waals surface area (Å²) in [6.07, 6.45) is 3.92. The van der Waals surface area contributed by atoms with Gasteiger partial charge in [0.1, 0.15) is 12.2 Å². The first-order valence-corrected chi connectivity index (χ1v) is 7.45. The second-order valence-corrected chi connectivity index (χ2v) is 5.38. The van der Waals surface area contributed by atoms with Crippen molar-refractivity contribution in [2.45, 2.75) is 45.1 Å². The Hall–Kier alpha value is -1.91. The van der Waals surface area contributed by atoms with Gasteiger partial charge in [-0.25, -0.2) is 4.39 Å². The minimum Gasteiger partial charge on any atom is -0.339 e. The maximum absolute atomic E-state index is 12.8. The van der Waals surface area contributed by atoms with Crippen LogP contribution in [0, 0.1) is 5.82 Å². The van der Waals surface area contributed by atoms with Gasteiger partial charge >= 0.3 is 0 Å². The Morgan fingerprint density at radius 3 is 2.67 bits per heavy atom. The number of piperidine rings is 1. The van der Waals surface area contributed by atoms with Crippen LogP contribution in [0.3, 0.4) is 0 Å². The molecule has 1 aromatic rings. The van der Waals surface area contributed by atoms with Gasteiger partial charge in [-0.2, -0.15) is 0 Å². The third-order valence-electron chi connectivity index (χ3n) is 3.86. The van der Waals surface area contributed by atoms with Gasteiger partial charge in [0.2, 0.25) is 11.8 Å². The van der Waals surface area contributed by atoms with E-state index in [0.29, 0.717) is 5.69 Å². The fourth-order valence-electron chi connectivity index (χ4n) is 2.73. The van der Waals surface area contributed by atoms with Crippen LogP contribution in [0.5, 0.6) is 0 Å². The summed E-state index contributed by atoms with van der Waals surface area (Å²) >= 11 is 0. The third-order valence-corrected chi connectivity index (χ3v) is 3.86. The van der Waals surface area contributed by atoms with Crippen molar-refractivity contribution in [2.75, 3.05) is 11.9 Å². The zero-order chi connectivity index (χ0) is 15.2. The van der Waals surface area contributed by atoms with Gasteiger partial charge in [0.25, 0.3) is 0 Å². The Morgan fingerprint density at radius 2 is 2.00 bits per heavy atom. The molecule has 4 nitrogen and oxygen atoms in total. The molecule has 1 unspecified atom stereocenters. The summed E-state index contributed by atoms with van der Waals surface area (Å²) < 4.78 is 12.8. The van der Waals surface area contributed by atoms with E-state index in [9.17, 15) is 14.0 Å². The molecule has 21 heavy (non-hydrogen) atoms. The number of likely N-dealkylation sites (tertiary alicyclic amines) is 1. The van der Waals surface area contributed by atoms with Crippen LogP contribution in [0.1, 0.15) is 39.0 Å². The molecule has 1 atom stereocenters. The number of halogens is 1. The highest BCUT2D eigenvalue weighted by Crippen LogP contribution is 2.20. The predicted octanol–water partition coefficient (Wildman–Crippen LogP) is 2.95. The zero-order valence-electron chi connectivity index (χ0n) is 12.3. The Kier molecular flexibility index (Phi) is 5.31. The molecule has 0 bridgehead atoms. The SMILES string of the molecule is CCC1CCCCN1C(=O)CC(=O)Nc1ccc(F)cc1. The van der Waals surface area contributed by atoms with E-state index in [2.05, 4.69) is 12.2 Å². The summed E-state index contributed by atoms with van der Waals surface area (Å²) in [4.78, 5) is 25.9. The van der Waals surface area contributed by atoms with Crippen molar-refractivity contribution in [3.05, 3.63) is 30.1 Å². The number of carbonyl (C=O) groups is 2. The minimum absolute atomic E-state index is 0.124. The molecule has 0 saturated carbocycles. The number of anilines is 1. The number of carbonyl (C=O) groups excluding carboxylic acids is 2. The van der Waals surface area contributed by atoms with Crippen LogP contribution in [0.25, 0.3) is 0 Å². The molecule has 1 aliphatic rings. The first-order chi connectivity index (χ1) is 10.1. The van der Waals surface area contributed by atoms with E-state index in [-0.39, 0.29) is 30.1 Å². The molecule has 0 spiro atoms. The second-order valence-electron chi connectivity index (χ2n) is 5.38. The van der Waals surface area contributed by atoms with E-state index in [1.54, 1.807) is 0 Å². The van der Waals surface area contributed by atoms with Crippen LogP contribution in [-0.4, -0.2) is 29.3 Å². The quantitative estimate of drug-likeness (QED) is 0.867. The van der Waals surface area contributed by atoms with Crippen LogP contribution in [0.2, 0.25) is 0 Å². The van der Waals surface area contributed by atoms with Gasteiger partial charge < -0.3 is 10.2 Å². The molecule has 1 aromatic carbocycles. The Labute approximate surface area is 124 Å². The van der Waals surface area contributed by atoms with E-state index < -0.39 is 0 Å². The average molecular weight is 292 g/mol. The third kappa shape index (κ3) is 4.28. The maximum Gasteiger partial charge on any atom is 0.233 e. The fraction of sp³-hybridized carbons (Fsp3) is 0.500. The van der Waals surface area contributed by atoms with Crippen LogP contribution in [-0.2, 0) is 9.59 Å². The van der Waals surface area contributed by atoms with Crippen molar-refractivity contribution >= 4 is 17.5 Å². The maximum atomic E-state index is 12.8. The summed E-state index contributed by atoms with van der Waals surface area (Å²) in [5, 5.41) is 2.62. The molecule has 2 amide bonds. The Morgan fingerprint density at radius 1 is 1.29 bits per heavy atom. The monoisotopic (exact) mass is 292 g/mol. The molecular formula is C16H21FN2O2. The molecule has 0 radical (unpaired) electrons. The first-order valence-electron chi connectivity index (χ1n) is 7.45. The number of hydrogen-bond donors (Lipinski definition) is 1. The number of nitrogens with zero attached hydrogens (tertiary/aromatic N) is 1. The van der Waals surface area contributed by atoms with E-state index in [0.717, 1.165) is 32.2 Å². The molecule has 0 aromatic heterocycles. The molecule has 1 aliphatic heterocycles. The van der Waals surface area contributed by atoms with Crippen molar-refractivity contribution < 1.29 is 14.0 Å². The lowest BCUT2D eigenvalue weighted by Crippen LogP contribution is -2.44. The summed E-state index contributed by atoms with van der Waals surface area (Å²) in [6, 6.07) is 5.76. The normalized spacial score (nSPS) is 18.4. The Bertz CT molecular complexity index is 502. The molecule has 114 valence electrons. The summed E-state index contributed by atoms with van der Waals surface area (Å²) in [5.74, 6) is -0.837. The number of hydrogen-bond acceptors (Lipinski definition) is 2. The number of nitrogens with one attached hydrogen (secondary N) is 1. The van der Waals surface area contributed by atoms with Crippen molar-refractivity contribution in [1.82, 2.24) is 4.90 Å². The van der Waals surface area contributed by atoms with Gasteiger partial charge in [-0.15, -0.1) is 0 Å².